The first kappa shape index (κ1) is 27.3. The summed E-state index contributed by atoms with van der Waals surface area (Å²) in [5.41, 5.74) is 5.40. The molecule has 0 radical (unpaired) electrons. The molecule has 40 heavy (non-hydrogen) atoms. The van der Waals surface area contributed by atoms with Crippen LogP contribution in [-0.2, 0) is 0 Å². The van der Waals surface area contributed by atoms with Gasteiger partial charge in [-0.25, -0.2) is 4.98 Å². The van der Waals surface area contributed by atoms with E-state index in [2.05, 4.69) is 36.0 Å². The van der Waals surface area contributed by atoms with Crippen LogP contribution in [0, 0.1) is 19.8 Å². The summed E-state index contributed by atoms with van der Waals surface area (Å²) in [6.07, 6.45) is 16.3. The van der Waals surface area contributed by atoms with Crippen molar-refractivity contribution < 1.29 is 9.90 Å². The van der Waals surface area contributed by atoms with Crippen molar-refractivity contribution in [3.63, 3.8) is 0 Å². The molecule has 0 spiro atoms. The molecule has 7 nitrogen and oxygen atoms in total. The van der Waals surface area contributed by atoms with Crippen molar-refractivity contribution in [1.29, 1.82) is 0 Å². The molecule has 7 heteroatoms. The molecular weight excluding hydrogens is 498 g/mol. The molecule has 0 bridgehead atoms. The third-order valence-electron chi connectivity index (χ3n) is 9.63. The van der Waals surface area contributed by atoms with E-state index in [0.29, 0.717) is 17.9 Å². The Bertz CT molecular complexity index is 1310. The van der Waals surface area contributed by atoms with Gasteiger partial charge in [-0.1, -0.05) is 36.5 Å². The lowest BCUT2D eigenvalue weighted by molar-refractivity contribution is 0.0713. The molecule has 2 N–H and O–H groups in total. The minimum Gasteiger partial charge on any atom is -0.393 e. The minimum absolute atomic E-state index is 0.144. The molecule has 3 aromatic rings. The second-order valence-electron chi connectivity index (χ2n) is 12.7. The molecule has 1 aromatic carbocycles. The summed E-state index contributed by atoms with van der Waals surface area (Å²) in [6.45, 7) is 6.58. The standard InChI is InChI=1S/C33H45N5O2/c1-22-16-23(2)18-26(17-22)32(40)37-14-12-25(13-15-37)30-21-38(27-8-10-28(39)11-9-27)31-29(30)20-35-33(36-31)34-19-24-6-4-3-5-7-24/h16-18,20-21,24-25,27-28,39H,3-15,19H2,1-2H3,(H,34,35,36). The number of carbonyl (C=O) groups excluding carboxylic acids is 1. The topological polar surface area (TPSA) is 83.3 Å². The van der Waals surface area contributed by atoms with Gasteiger partial charge in [-0.05, 0) is 94.7 Å². The lowest BCUT2D eigenvalue weighted by atomic mass is 9.89. The van der Waals surface area contributed by atoms with Crippen molar-refractivity contribution in [3.8, 4) is 0 Å². The highest BCUT2D eigenvalue weighted by atomic mass is 16.3. The zero-order valence-electron chi connectivity index (χ0n) is 24.2. The predicted molar refractivity (Wildman–Crippen MR) is 160 cm³/mol. The molecule has 3 heterocycles. The average Bonchev–Trinajstić information content (AvgIpc) is 3.35. The molecule has 214 valence electrons. The molecule has 6 rings (SSSR count). The van der Waals surface area contributed by atoms with E-state index in [1.54, 1.807) is 0 Å². The number of hydrogen-bond donors (Lipinski definition) is 2. The normalized spacial score (nSPS) is 23.0. The first-order chi connectivity index (χ1) is 19.4. The van der Waals surface area contributed by atoms with Crippen molar-refractivity contribution in [1.82, 2.24) is 19.4 Å². The van der Waals surface area contributed by atoms with Crippen LogP contribution in [0.5, 0.6) is 0 Å². The minimum atomic E-state index is -0.182. The first-order valence-electron chi connectivity index (χ1n) is 15.6. The zero-order chi connectivity index (χ0) is 27.6. The van der Waals surface area contributed by atoms with Crippen LogP contribution in [-0.4, -0.2) is 56.2 Å². The Labute approximate surface area is 238 Å². The summed E-state index contributed by atoms with van der Waals surface area (Å²) in [7, 11) is 0. The number of aromatic nitrogens is 3. The van der Waals surface area contributed by atoms with Gasteiger partial charge in [0.15, 0.2) is 0 Å². The highest BCUT2D eigenvalue weighted by Gasteiger charge is 2.30. The number of aliphatic hydroxyl groups is 1. The van der Waals surface area contributed by atoms with E-state index in [-0.39, 0.29) is 12.0 Å². The van der Waals surface area contributed by atoms with Gasteiger partial charge in [-0.2, -0.15) is 4.98 Å². The molecule has 2 saturated carbocycles. The van der Waals surface area contributed by atoms with Gasteiger partial charge in [0, 0.05) is 49.0 Å². The van der Waals surface area contributed by atoms with Crippen molar-refractivity contribution in [2.24, 2.45) is 5.92 Å². The Morgan fingerprint density at radius 2 is 1.65 bits per heavy atom. The number of fused-ring (bicyclic) bond motifs is 1. The van der Waals surface area contributed by atoms with E-state index >= 15 is 0 Å². The number of nitrogens with one attached hydrogen (secondary N) is 1. The Kier molecular flexibility index (Phi) is 8.10. The van der Waals surface area contributed by atoms with Gasteiger partial charge in [0.1, 0.15) is 5.65 Å². The second-order valence-corrected chi connectivity index (χ2v) is 12.7. The molecular formula is C33H45N5O2. The van der Waals surface area contributed by atoms with Crippen molar-refractivity contribution in [2.75, 3.05) is 25.0 Å². The van der Waals surface area contributed by atoms with Gasteiger partial charge in [0.05, 0.1) is 6.10 Å². The Morgan fingerprint density at radius 3 is 2.35 bits per heavy atom. The number of hydrogen-bond acceptors (Lipinski definition) is 5. The van der Waals surface area contributed by atoms with Crippen molar-refractivity contribution in [2.45, 2.75) is 103 Å². The number of aryl methyl sites for hydroxylation is 2. The van der Waals surface area contributed by atoms with Crippen LogP contribution in [0.1, 0.15) is 110 Å². The number of anilines is 1. The molecule has 3 aliphatic rings. The van der Waals surface area contributed by atoms with Crippen LogP contribution in [0.15, 0.2) is 30.6 Å². The van der Waals surface area contributed by atoms with Crippen molar-refractivity contribution >= 4 is 22.9 Å². The maximum absolute atomic E-state index is 13.3. The van der Waals surface area contributed by atoms with Crippen LogP contribution < -0.4 is 5.32 Å². The number of aliphatic hydroxyl groups excluding tert-OH is 1. The summed E-state index contributed by atoms with van der Waals surface area (Å²) >= 11 is 0. The third kappa shape index (κ3) is 5.90. The monoisotopic (exact) mass is 543 g/mol. The molecule has 3 fully saturated rings. The summed E-state index contributed by atoms with van der Waals surface area (Å²) < 4.78 is 2.39. The summed E-state index contributed by atoms with van der Waals surface area (Å²) in [5, 5.41) is 14.8. The number of rotatable bonds is 6. The average molecular weight is 544 g/mol. The molecule has 2 aromatic heterocycles. The van der Waals surface area contributed by atoms with Crippen LogP contribution in [0.4, 0.5) is 5.95 Å². The lowest BCUT2D eigenvalue weighted by Crippen LogP contribution is -2.38. The van der Waals surface area contributed by atoms with Crippen LogP contribution in [0.2, 0.25) is 0 Å². The fourth-order valence-corrected chi connectivity index (χ4v) is 7.38. The quantitative estimate of drug-likeness (QED) is 0.369. The summed E-state index contributed by atoms with van der Waals surface area (Å²) in [4.78, 5) is 25.2. The van der Waals surface area contributed by atoms with E-state index in [4.69, 9.17) is 9.97 Å². The van der Waals surface area contributed by atoms with Gasteiger partial charge in [0.2, 0.25) is 5.95 Å². The highest BCUT2D eigenvalue weighted by molar-refractivity contribution is 5.94. The molecule has 1 aliphatic heterocycles. The SMILES string of the molecule is Cc1cc(C)cc(C(=O)N2CCC(c3cn(C4CCC(O)CC4)c4nc(NCC5CCCCC5)ncc34)CC2)c1. The van der Waals surface area contributed by atoms with E-state index in [0.717, 1.165) is 91.8 Å². The van der Waals surface area contributed by atoms with Gasteiger partial charge < -0.3 is 19.9 Å². The van der Waals surface area contributed by atoms with Crippen LogP contribution in [0.25, 0.3) is 11.0 Å². The Morgan fingerprint density at radius 1 is 0.950 bits per heavy atom. The molecule has 0 unspecified atom stereocenters. The number of piperidine rings is 1. The highest BCUT2D eigenvalue weighted by Crippen LogP contribution is 2.38. The predicted octanol–water partition coefficient (Wildman–Crippen LogP) is 6.54. The number of benzene rings is 1. The smallest absolute Gasteiger partial charge is 0.253 e. The number of nitrogens with zero attached hydrogens (tertiary/aromatic N) is 4. The Hall–Kier alpha value is -2.93. The molecule has 2 aliphatic carbocycles. The summed E-state index contributed by atoms with van der Waals surface area (Å²) in [5.74, 6) is 1.97. The number of likely N-dealkylation sites (tertiary alicyclic amines) is 1. The molecule has 0 atom stereocenters. The van der Waals surface area contributed by atoms with Gasteiger partial charge in [-0.15, -0.1) is 0 Å². The lowest BCUT2D eigenvalue weighted by Gasteiger charge is -2.32. The van der Waals surface area contributed by atoms with Gasteiger partial charge in [0.25, 0.3) is 5.91 Å². The number of carbonyl (C=O) groups is 1. The van der Waals surface area contributed by atoms with Gasteiger partial charge in [-0.3, -0.25) is 4.79 Å². The maximum atomic E-state index is 13.3. The first-order valence-corrected chi connectivity index (χ1v) is 15.6. The third-order valence-corrected chi connectivity index (χ3v) is 9.63. The summed E-state index contributed by atoms with van der Waals surface area (Å²) in [6, 6.07) is 6.48. The fourth-order valence-electron chi connectivity index (χ4n) is 7.38. The largest absolute Gasteiger partial charge is 0.393 e. The molecule has 1 saturated heterocycles. The van der Waals surface area contributed by atoms with E-state index in [1.165, 1.54) is 37.7 Å². The van der Waals surface area contributed by atoms with Crippen molar-refractivity contribution in [3.05, 3.63) is 52.8 Å². The number of amides is 1. The fraction of sp³-hybridized carbons (Fsp3) is 0.606. The second kappa shape index (κ2) is 11.9. The molecule has 1 amide bonds. The van der Waals surface area contributed by atoms with E-state index < -0.39 is 0 Å². The van der Waals surface area contributed by atoms with Gasteiger partial charge >= 0.3 is 0 Å². The zero-order valence-corrected chi connectivity index (χ0v) is 24.2. The Balaban J connectivity index is 1.21. The van der Waals surface area contributed by atoms with Crippen LogP contribution >= 0.6 is 0 Å². The van der Waals surface area contributed by atoms with Crippen LogP contribution in [0.3, 0.4) is 0 Å². The van der Waals surface area contributed by atoms with E-state index in [1.807, 2.05) is 23.2 Å². The maximum Gasteiger partial charge on any atom is 0.253 e. The van der Waals surface area contributed by atoms with E-state index in [9.17, 15) is 9.90 Å².